The van der Waals surface area contributed by atoms with E-state index in [9.17, 15) is 4.79 Å². The SMILES string of the molecule is Cc1cc2nc([C@@H]3CCCCN3)cn2nc1N1CC[C@H](NC(=O)OC(C)(C)C)C1. The minimum absolute atomic E-state index is 0.0616. The topological polar surface area (TPSA) is 83.8 Å². The molecule has 8 nitrogen and oxygen atoms in total. The third-order valence-corrected chi connectivity index (χ3v) is 5.51. The molecule has 4 heterocycles. The molecule has 0 spiro atoms. The molecule has 2 aliphatic rings. The first-order valence-corrected chi connectivity index (χ1v) is 10.6. The third-order valence-electron chi connectivity index (χ3n) is 5.51. The van der Waals surface area contributed by atoms with Crippen LogP contribution in [0.25, 0.3) is 5.65 Å². The molecule has 2 saturated heterocycles. The summed E-state index contributed by atoms with van der Waals surface area (Å²) in [5.41, 5.74) is 2.57. The Hall–Kier alpha value is -2.35. The minimum Gasteiger partial charge on any atom is -0.444 e. The first-order chi connectivity index (χ1) is 13.8. The number of ether oxygens (including phenoxy) is 1. The number of fused-ring (bicyclic) bond motifs is 1. The van der Waals surface area contributed by atoms with Gasteiger partial charge in [0.1, 0.15) is 5.60 Å². The second-order valence-electron chi connectivity index (χ2n) is 9.20. The van der Waals surface area contributed by atoms with Crippen molar-refractivity contribution < 1.29 is 9.53 Å². The number of nitrogens with one attached hydrogen (secondary N) is 2. The molecule has 2 N–H and O–H groups in total. The lowest BCUT2D eigenvalue weighted by molar-refractivity contribution is 0.0509. The van der Waals surface area contributed by atoms with Gasteiger partial charge in [0.25, 0.3) is 0 Å². The van der Waals surface area contributed by atoms with Gasteiger partial charge in [0.15, 0.2) is 11.5 Å². The van der Waals surface area contributed by atoms with Crippen LogP contribution in [0.2, 0.25) is 0 Å². The summed E-state index contributed by atoms with van der Waals surface area (Å²) in [5, 5.41) is 11.4. The fourth-order valence-corrected chi connectivity index (χ4v) is 4.15. The lowest BCUT2D eigenvalue weighted by Crippen LogP contribution is -2.40. The van der Waals surface area contributed by atoms with Gasteiger partial charge in [-0.1, -0.05) is 6.42 Å². The Balaban J connectivity index is 1.46. The molecule has 0 radical (unpaired) electrons. The summed E-state index contributed by atoms with van der Waals surface area (Å²) in [6, 6.07) is 2.48. The van der Waals surface area contributed by atoms with Crippen LogP contribution in [0.5, 0.6) is 0 Å². The van der Waals surface area contributed by atoms with Crippen LogP contribution < -0.4 is 15.5 Å². The Morgan fingerprint density at radius 3 is 2.86 bits per heavy atom. The maximum atomic E-state index is 12.1. The van der Waals surface area contributed by atoms with Gasteiger partial charge >= 0.3 is 6.09 Å². The lowest BCUT2D eigenvalue weighted by Gasteiger charge is -2.22. The Morgan fingerprint density at radius 2 is 2.14 bits per heavy atom. The number of carbonyl (C=O) groups excluding carboxylic acids is 1. The van der Waals surface area contributed by atoms with Crippen LogP contribution in [-0.2, 0) is 4.74 Å². The second-order valence-corrected chi connectivity index (χ2v) is 9.20. The number of aryl methyl sites for hydroxylation is 1. The largest absolute Gasteiger partial charge is 0.444 e. The standard InChI is InChI=1S/C21H32N6O2/c1-14-11-18-24-17(16-7-5-6-9-22-16)13-27(18)25-19(14)26-10-8-15(12-26)23-20(28)29-21(2,3)4/h11,13,15-16,22H,5-10,12H2,1-4H3,(H,23,28)/t15-,16-/m0/s1. The fourth-order valence-electron chi connectivity index (χ4n) is 4.15. The molecule has 2 aliphatic heterocycles. The normalized spacial score (nSPS) is 22.8. The number of alkyl carbamates (subject to hydrolysis) is 1. The predicted octanol–water partition coefficient (Wildman–Crippen LogP) is 2.96. The highest BCUT2D eigenvalue weighted by Crippen LogP contribution is 2.26. The van der Waals surface area contributed by atoms with Gasteiger partial charge in [-0.05, 0) is 65.1 Å². The minimum atomic E-state index is -0.488. The van der Waals surface area contributed by atoms with Crippen molar-refractivity contribution in [1.29, 1.82) is 0 Å². The average Bonchev–Trinajstić information content (AvgIpc) is 3.26. The summed E-state index contributed by atoms with van der Waals surface area (Å²) >= 11 is 0. The highest BCUT2D eigenvalue weighted by Gasteiger charge is 2.28. The molecule has 8 heteroatoms. The summed E-state index contributed by atoms with van der Waals surface area (Å²) in [7, 11) is 0. The number of nitrogens with zero attached hydrogens (tertiary/aromatic N) is 4. The van der Waals surface area contributed by atoms with Crippen molar-refractivity contribution in [3.63, 3.8) is 0 Å². The molecule has 0 aromatic carbocycles. The van der Waals surface area contributed by atoms with E-state index >= 15 is 0 Å². The van der Waals surface area contributed by atoms with Gasteiger partial charge in [-0.3, -0.25) is 0 Å². The number of amides is 1. The number of carbonyl (C=O) groups is 1. The molecule has 0 bridgehead atoms. The highest BCUT2D eigenvalue weighted by molar-refractivity contribution is 5.68. The van der Waals surface area contributed by atoms with Crippen LogP contribution in [0.4, 0.5) is 10.6 Å². The second kappa shape index (κ2) is 7.82. The first kappa shape index (κ1) is 19.9. The summed E-state index contributed by atoms with van der Waals surface area (Å²) < 4.78 is 7.27. The predicted molar refractivity (Wildman–Crippen MR) is 112 cm³/mol. The van der Waals surface area contributed by atoms with E-state index in [-0.39, 0.29) is 12.1 Å². The van der Waals surface area contributed by atoms with Crippen LogP contribution in [0.15, 0.2) is 12.3 Å². The van der Waals surface area contributed by atoms with E-state index in [0.29, 0.717) is 6.04 Å². The summed E-state index contributed by atoms with van der Waals surface area (Å²) in [5.74, 6) is 0.951. The van der Waals surface area contributed by atoms with Crippen LogP contribution >= 0.6 is 0 Å². The lowest BCUT2D eigenvalue weighted by atomic mass is 10.0. The van der Waals surface area contributed by atoms with Crippen molar-refractivity contribution >= 4 is 17.6 Å². The maximum absolute atomic E-state index is 12.1. The molecule has 2 aromatic heterocycles. The average molecular weight is 401 g/mol. The van der Waals surface area contributed by atoms with E-state index in [1.165, 1.54) is 12.8 Å². The van der Waals surface area contributed by atoms with Gasteiger partial charge in [-0.15, -0.1) is 5.10 Å². The molecule has 1 amide bonds. The van der Waals surface area contributed by atoms with Gasteiger partial charge in [-0.25, -0.2) is 14.3 Å². The Kier molecular flexibility index (Phi) is 5.38. The molecule has 0 saturated carbocycles. The van der Waals surface area contributed by atoms with Crippen molar-refractivity contribution in [3.8, 4) is 0 Å². The number of anilines is 1. The Morgan fingerprint density at radius 1 is 1.31 bits per heavy atom. The Labute approximate surface area is 172 Å². The fraction of sp³-hybridized carbons (Fsp3) is 0.667. The number of aromatic nitrogens is 3. The monoisotopic (exact) mass is 400 g/mol. The van der Waals surface area contributed by atoms with Crippen molar-refractivity contribution in [1.82, 2.24) is 25.2 Å². The van der Waals surface area contributed by atoms with Crippen LogP contribution in [0.1, 0.15) is 63.8 Å². The molecular weight excluding hydrogens is 368 g/mol. The number of hydrogen-bond acceptors (Lipinski definition) is 6. The quantitative estimate of drug-likeness (QED) is 0.824. The number of hydrogen-bond donors (Lipinski definition) is 2. The summed E-state index contributed by atoms with van der Waals surface area (Å²) in [6.07, 6.45) is 6.17. The third kappa shape index (κ3) is 4.63. The smallest absolute Gasteiger partial charge is 0.407 e. The van der Waals surface area contributed by atoms with E-state index in [0.717, 1.165) is 55.2 Å². The molecule has 2 atom stereocenters. The van der Waals surface area contributed by atoms with E-state index in [1.54, 1.807) is 0 Å². The van der Waals surface area contributed by atoms with Crippen molar-refractivity contribution in [2.45, 2.75) is 71.1 Å². The zero-order valence-electron chi connectivity index (χ0n) is 17.9. The van der Waals surface area contributed by atoms with E-state index < -0.39 is 5.60 Å². The molecule has 2 aromatic rings. The molecule has 0 aliphatic carbocycles. The first-order valence-electron chi connectivity index (χ1n) is 10.6. The van der Waals surface area contributed by atoms with E-state index in [1.807, 2.05) is 31.5 Å². The number of piperidine rings is 1. The highest BCUT2D eigenvalue weighted by atomic mass is 16.6. The van der Waals surface area contributed by atoms with Gasteiger partial charge < -0.3 is 20.3 Å². The number of rotatable bonds is 3. The van der Waals surface area contributed by atoms with Gasteiger partial charge in [0, 0.05) is 13.1 Å². The zero-order chi connectivity index (χ0) is 20.6. The van der Waals surface area contributed by atoms with E-state index in [2.05, 4.69) is 28.5 Å². The molecule has 0 unspecified atom stereocenters. The van der Waals surface area contributed by atoms with Gasteiger partial charge in [0.05, 0.1) is 24.0 Å². The molecule has 4 rings (SSSR count). The summed E-state index contributed by atoms with van der Waals surface area (Å²) in [4.78, 5) is 19.1. The molecular formula is C21H32N6O2. The zero-order valence-corrected chi connectivity index (χ0v) is 17.9. The van der Waals surface area contributed by atoms with Crippen molar-refractivity contribution in [2.24, 2.45) is 0 Å². The number of imidazole rings is 1. The van der Waals surface area contributed by atoms with Gasteiger partial charge in [0.2, 0.25) is 0 Å². The molecule has 2 fully saturated rings. The van der Waals surface area contributed by atoms with Crippen LogP contribution in [0.3, 0.4) is 0 Å². The maximum Gasteiger partial charge on any atom is 0.407 e. The Bertz CT molecular complexity index is 881. The molecule has 29 heavy (non-hydrogen) atoms. The summed E-state index contributed by atoms with van der Waals surface area (Å²) in [6.45, 7) is 10.3. The van der Waals surface area contributed by atoms with E-state index in [4.69, 9.17) is 14.8 Å². The van der Waals surface area contributed by atoms with Gasteiger partial charge in [-0.2, -0.15) is 0 Å². The van der Waals surface area contributed by atoms with Crippen molar-refractivity contribution in [2.75, 3.05) is 24.5 Å². The van der Waals surface area contributed by atoms with Crippen LogP contribution in [-0.4, -0.2) is 52.0 Å². The van der Waals surface area contributed by atoms with Crippen LogP contribution in [0, 0.1) is 6.92 Å². The van der Waals surface area contributed by atoms with Crippen molar-refractivity contribution in [3.05, 3.63) is 23.5 Å². The molecule has 158 valence electrons.